The van der Waals surface area contributed by atoms with Crippen LogP contribution in [0.1, 0.15) is 16.1 Å². The van der Waals surface area contributed by atoms with Gasteiger partial charge in [0.25, 0.3) is 0 Å². The summed E-state index contributed by atoms with van der Waals surface area (Å²) in [7, 11) is 1.27. The highest BCUT2D eigenvalue weighted by Gasteiger charge is 2.08. The van der Waals surface area contributed by atoms with Gasteiger partial charge in [-0.25, -0.2) is 14.8 Å². The number of nitriles is 1. The fourth-order valence-electron chi connectivity index (χ4n) is 1.30. The molecule has 1 aromatic carbocycles. The summed E-state index contributed by atoms with van der Waals surface area (Å²) in [5, 5.41) is 8.67. The average Bonchev–Trinajstić information content (AvgIpc) is 2.48. The first-order valence-corrected chi connectivity index (χ1v) is 5.31. The molecule has 0 aliphatic rings. The van der Waals surface area contributed by atoms with Crippen molar-refractivity contribution in [2.75, 3.05) is 7.11 Å². The highest BCUT2D eigenvalue weighted by molar-refractivity contribution is 5.86. The van der Waals surface area contributed by atoms with E-state index in [1.165, 1.54) is 19.5 Å². The standard InChI is InChI=1S/C13H9N3O3/c1-18-13(17)11-7-16-12(8-15-11)19-10-4-2-9(6-14)3-5-10/h2-5,7-8H,1H3. The number of benzene rings is 1. The molecule has 0 saturated carbocycles. The van der Waals surface area contributed by atoms with Gasteiger partial charge < -0.3 is 9.47 Å². The summed E-state index contributed by atoms with van der Waals surface area (Å²) in [6.45, 7) is 0. The van der Waals surface area contributed by atoms with Gasteiger partial charge in [-0.2, -0.15) is 5.26 Å². The highest BCUT2D eigenvalue weighted by atomic mass is 16.5. The van der Waals surface area contributed by atoms with Crippen LogP contribution in [0.25, 0.3) is 0 Å². The van der Waals surface area contributed by atoms with Crippen LogP contribution >= 0.6 is 0 Å². The Morgan fingerprint density at radius 3 is 2.47 bits per heavy atom. The van der Waals surface area contributed by atoms with E-state index in [2.05, 4.69) is 14.7 Å². The van der Waals surface area contributed by atoms with Crippen molar-refractivity contribution in [1.82, 2.24) is 9.97 Å². The summed E-state index contributed by atoms with van der Waals surface area (Å²) in [6.07, 6.45) is 2.59. The van der Waals surface area contributed by atoms with Gasteiger partial charge >= 0.3 is 5.97 Å². The van der Waals surface area contributed by atoms with E-state index in [-0.39, 0.29) is 11.6 Å². The number of ether oxygens (including phenoxy) is 2. The molecule has 0 radical (unpaired) electrons. The first-order valence-electron chi connectivity index (χ1n) is 5.31. The number of aromatic nitrogens is 2. The predicted molar refractivity (Wildman–Crippen MR) is 64.6 cm³/mol. The maximum atomic E-state index is 11.2. The SMILES string of the molecule is COC(=O)c1cnc(Oc2ccc(C#N)cc2)cn1. The average molecular weight is 255 g/mol. The minimum Gasteiger partial charge on any atom is -0.464 e. The largest absolute Gasteiger partial charge is 0.464 e. The lowest BCUT2D eigenvalue weighted by atomic mass is 10.2. The maximum absolute atomic E-state index is 11.2. The van der Waals surface area contributed by atoms with Gasteiger partial charge in [0, 0.05) is 0 Å². The molecule has 0 bridgehead atoms. The normalized spacial score (nSPS) is 9.47. The van der Waals surface area contributed by atoms with Gasteiger partial charge in [-0.3, -0.25) is 0 Å². The molecule has 0 aliphatic heterocycles. The summed E-state index contributed by atoms with van der Waals surface area (Å²) in [5.41, 5.74) is 0.647. The van der Waals surface area contributed by atoms with E-state index in [4.69, 9.17) is 10.00 Å². The summed E-state index contributed by atoms with van der Waals surface area (Å²) >= 11 is 0. The Labute approximate surface area is 109 Å². The van der Waals surface area contributed by atoms with Gasteiger partial charge in [-0.15, -0.1) is 0 Å². The molecule has 94 valence electrons. The second kappa shape index (κ2) is 5.60. The second-order valence-corrected chi connectivity index (χ2v) is 3.47. The smallest absolute Gasteiger partial charge is 0.358 e. The van der Waals surface area contributed by atoms with E-state index in [0.29, 0.717) is 11.3 Å². The minimum atomic E-state index is -0.558. The number of hydrogen-bond donors (Lipinski definition) is 0. The molecule has 0 aliphatic carbocycles. The third-order valence-corrected chi connectivity index (χ3v) is 2.23. The molecule has 0 amide bonds. The Bertz CT molecular complexity index is 615. The number of nitrogens with zero attached hydrogens (tertiary/aromatic N) is 3. The van der Waals surface area contributed by atoms with Crippen molar-refractivity contribution < 1.29 is 14.3 Å². The Morgan fingerprint density at radius 1 is 1.21 bits per heavy atom. The predicted octanol–water partition coefficient (Wildman–Crippen LogP) is 1.93. The number of carbonyl (C=O) groups excluding carboxylic acids is 1. The van der Waals surface area contributed by atoms with Crippen LogP contribution in [0.3, 0.4) is 0 Å². The van der Waals surface area contributed by atoms with Gasteiger partial charge in [-0.1, -0.05) is 0 Å². The molecule has 0 unspecified atom stereocenters. The quantitative estimate of drug-likeness (QED) is 0.779. The van der Waals surface area contributed by atoms with Crippen molar-refractivity contribution in [3.05, 3.63) is 47.9 Å². The number of carbonyl (C=O) groups is 1. The molecule has 0 spiro atoms. The number of hydrogen-bond acceptors (Lipinski definition) is 6. The van der Waals surface area contributed by atoms with Crippen molar-refractivity contribution in [3.63, 3.8) is 0 Å². The molecular weight excluding hydrogens is 246 g/mol. The fraction of sp³-hybridized carbons (Fsp3) is 0.0769. The van der Waals surface area contributed by atoms with Crippen molar-refractivity contribution in [2.45, 2.75) is 0 Å². The topological polar surface area (TPSA) is 85.1 Å². The number of esters is 1. The van der Waals surface area contributed by atoms with Crippen LogP contribution in [-0.4, -0.2) is 23.0 Å². The summed E-state index contributed by atoms with van der Waals surface area (Å²) < 4.78 is 9.92. The summed E-state index contributed by atoms with van der Waals surface area (Å²) in [6, 6.07) is 8.57. The zero-order valence-corrected chi connectivity index (χ0v) is 10.0. The van der Waals surface area contributed by atoms with Gasteiger partial charge in [0.15, 0.2) is 5.69 Å². The first-order chi connectivity index (χ1) is 9.22. The van der Waals surface area contributed by atoms with E-state index in [9.17, 15) is 4.79 Å². The van der Waals surface area contributed by atoms with Crippen LogP contribution in [0.15, 0.2) is 36.7 Å². The van der Waals surface area contributed by atoms with Crippen LogP contribution < -0.4 is 4.74 Å². The molecular formula is C13H9N3O3. The van der Waals surface area contributed by atoms with Crippen molar-refractivity contribution in [1.29, 1.82) is 5.26 Å². The van der Waals surface area contributed by atoms with Crippen LogP contribution in [-0.2, 0) is 4.74 Å². The van der Waals surface area contributed by atoms with Crippen LogP contribution in [0.5, 0.6) is 11.6 Å². The minimum absolute atomic E-state index is 0.106. The van der Waals surface area contributed by atoms with E-state index in [0.717, 1.165) is 0 Å². The molecule has 0 fully saturated rings. The monoisotopic (exact) mass is 255 g/mol. The zero-order valence-electron chi connectivity index (χ0n) is 10.0. The molecule has 0 saturated heterocycles. The van der Waals surface area contributed by atoms with Crippen LogP contribution in [0, 0.1) is 11.3 Å². The van der Waals surface area contributed by atoms with E-state index >= 15 is 0 Å². The molecule has 6 heteroatoms. The number of rotatable bonds is 3. The molecule has 6 nitrogen and oxygen atoms in total. The fourth-order valence-corrected chi connectivity index (χ4v) is 1.30. The molecule has 2 aromatic rings. The van der Waals surface area contributed by atoms with E-state index < -0.39 is 5.97 Å². The highest BCUT2D eigenvalue weighted by Crippen LogP contribution is 2.18. The summed E-state index contributed by atoms with van der Waals surface area (Å²) in [5.74, 6) is 0.217. The molecule has 19 heavy (non-hydrogen) atoms. The van der Waals surface area contributed by atoms with Crippen molar-refractivity contribution in [3.8, 4) is 17.7 Å². The van der Waals surface area contributed by atoms with Crippen molar-refractivity contribution in [2.24, 2.45) is 0 Å². The van der Waals surface area contributed by atoms with Crippen molar-refractivity contribution >= 4 is 5.97 Å². The molecule has 1 heterocycles. The lowest BCUT2D eigenvalue weighted by molar-refractivity contribution is 0.0593. The number of methoxy groups -OCH3 is 1. The van der Waals surface area contributed by atoms with Crippen LogP contribution in [0.2, 0.25) is 0 Å². The third kappa shape index (κ3) is 3.04. The Balaban J connectivity index is 2.10. The van der Waals surface area contributed by atoms with Gasteiger partial charge in [0.2, 0.25) is 5.88 Å². The van der Waals surface area contributed by atoms with E-state index in [1.807, 2.05) is 6.07 Å². The third-order valence-electron chi connectivity index (χ3n) is 2.23. The second-order valence-electron chi connectivity index (χ2n) is 3.47. The lowest BCUT2D eigenvalue weighted by Crippen LogP contribution is -2.04. The Morgan fingerprint density at radius 2 is 1.95 bits per heavy atom. The molecule has 1 aromatic heterocycles. The maximum Gasteiger partial charge on any atom is 0.358 e. The zero-order chi connectivity index (χ0) is 13.7. The molecule has 0 atom stereocenters. The van der Waals surface area contributed by atoms with Gasteiger partial charge in [0.1, 0.15) is 5.75 Å². The molecule has 2 rings (SSSR count). The van der Waals surface area contributed by atoms with Gasteiger partial charge in [0.05, 0.1) is 31.1 Å². The molecule has 0 N–H and O–H groups in total. The Hall–Kier alpha value is -2.94. The Kier molecular flexibility index (Phi) is 3.69. The summed E-state index contributed by atoms with van der Waals surface area (Å²) in [4.78, 5) is 19.0. The van der Waals surface area contributed by atoms with E-state index in [1.54, 1.807) is 24.3 Å². The first kappa shape index (κ1) is 12.5. The lowest BCUT2D eigenvalue weighted by Gasteiger charge is -2.04. The van der Waals surface area contributed by atoms with Crippen LogP contribution in [0.4, 0.5) is 0 Å². The van der Waals surface area contributed by atoms with Gasteiger partial charge in [-0.05, 0) is 24.3 Å².